The molecule has 5 rings (SSSR count). The third-order valence-electron chi connectivity index (χ3n) is 6.65. The van der Waals surface area contributed by atoms with E-state index < -0.39 is 5.66 Å². The summed E-state index contributed by atoms with van der Waals surface area (Å²) in [5, 5.41) is 3.57. The van der Waals surface area contributed by atoms with Crippen LogP contribution in [-0.2, 0) is 22.4 Å². The fourth-order valence-corrected chi connectivity index (χ4v) is 6.08. The van der Waals surface area contributed by atoms with Gasteiger partial charge in [-0.05, 0) is 51.2 Å². The molecule has 1 unspecified atom stereocenters. The van der Waals surface area contributed by atoms with E-state index in [1.165, 1.54) is 17.7 Å². The van der Waals surface area contributed by atoms with Crippen molar-refractivity contribution in [3.05, 3.63) is 40.4 Å². The monoisotopic (exact) mass is 438 g/mol. The van der Waals surface area contributed by atoms with Crippen molar-refractivity contribution in [2.45, 2.75) is 64.0 Å². The molecular weight excluding hydrogens is 412 g/mol. The number of amides is 3. The van der Waals surface area contributed by atoms with Crippen LogP contribution in [0.1, 0.15) is 66.4 Å². The van der Waals surface area contributed by atoms with Gasteiger partial charge in [-0.15, -0.1) is 11.3 Å². The zero-order valence-corrected chi connectivity index (χ0v) is 18.5. The molecule has 3 heterocycles. The van der Waals surface area contributed by atoms with Crippen LogP contribution in [0.4, 0.5) is 10.8 Å². The Balaban J connectivity index is 1.31. The van der Waals surface area contributed by atoms with Crippen molar-refractivity contribution >= 4 is 39.9 Å². The molecule has 1 aliphatic carbocycles. The molecule has 8 heteroatoms. The van der Waals surface area contributed by atoms with E-state index in [4.69, 9.17) is 0 Å². The number of aromatic nitrogens is 1. The number of fused-ring (bicyclic) bond motifs is 4. The first-order valence-corrected chi connectivity index (χ1v) is 11.8. The van der Waals surface area contributed by atoms with Gasteiger partial charge in [0.1, 0.15) is 5.66 Å². The number of carbonyl (C=O) groups excluding carboxylic acids is 3. The van der Waals surface area contributed by atoms with Gasteiger partial charge in [0.15, 0.2) is 5.13 Å². The Morgan fingerprint density at radius 2 is 1.97 bits per heavy atom. The van der Waals surface area contributed by atoms with Crippen LogP contribution < -0.4 is 10.2 Å². The van der Waals surface area contributed by atoms with Gasteiger partial charge in [0.05, 0.1) is 16.9 Å². The third kappa shape index (κ3) is 3.43. The lowest BCUT2D eigenvalue weighted by Crippen LogP contribution is -2.62. The SMILES string of the molecule is CC12CCC(=O)N1c1ccccc1C(=O)N2CCC(=O)Nc1nc2c(s1)CCCCC2. The fourth-order valence-electron chi connectivity index (χ4n) is 5.02. The van der Waals surface area contributed by atoms with E-state index in [9.17, 15) is 14.4 Å². The number of hydrogen-bond acceptors (Lipinski definition) is 5. The lowest BCUT2D eigenvalue weighted by atomic mass is 9.98. The Morgan fingerprint density at radius 1 is 1.16 bits per heavy atom. The standard InChI is InChI=1S/C23H26N4O3S/c1-23-13-11-20(29)27(23)17-9-6-5-7-15(17)21(30)26(23)14-12-19(28)25-22-24-16-8-3-2-4-10-18(16)31-22/h5-7,9H,2-4,8,10-14H2,1H3,(H,24,25,28). The molecule has 0 bridgehead atoms. The Kier molecular flexibility index (Phi) is 5.04. The Morgan fingerprint density at radius 3 is 2.84 bits per heavy atom. The summed E-state index contributed by atoms with van der Waals surface area (Å²) >= 11 is 1.57. The lowest BCUT2D eigenvalue weighted by Gasteiger charge is -2.48. The Hall–Kier alpha value is -2.74. The molecule has 1 N–H and O–H groups in total. The summed E-state index contributed by atoms with van der Waals surface area (Å²) in [5.74, 6) is -0.269. The summed E-state index contributed by atoms with van der Waals surface area (Å²) in [6, 6.07) is 7.22. The minimum absolute atomic E-state index is 0.0150. The highest BCUT2D eigenvalue weighted by atomic mass is 32.1. The number of aryl methyl sites for hydroxylation is 2. The molecule has 1 saturated heterocycles. The van der Waals surface area contributed by atoms with Crippen LogP contribution in [-0.4, -0.2) is 39.8 Å². The van der Waals surface area contributed by atoms with Crippen molar-refractivity contribution in [1.82, 2.24) is 9.88 Å². The normalized spacial score (nSPS) is 22.6. The fraction of sp³-hybridized carbons (Fsp3) is 0.478. The summed E-state index contributed by atoms with van der Waals surface area (Å²) < 4.78 is 0. The van der Waals surface area contributed by atoms with Gasteiger partial charge in [0.25, 0.3) is 5.91 Å². The summed E-state index contributed by atoms with van der Waals surface area (Å²) in [6.07, 6.45) is 6.69. The second kappa shape index (κ2) is 7.75. The average molecular weight is 439 g/mol. The van der Waals surface area contributed by atoms with Crippen LogP contribution in [0.15, 0.2) is 24.3 Å². The van der Waals surface area contributed by atoms with E-state index in [1.54, 1.807) is 33.3 Å². The van der Waals surface area contributed by atoms with Crippen LogP contribution in [0, 0.1) is 0 Å². The second-order valence-corrected chi connectivity index (χ2v) is 9.75. The van der Waals surface area contributed by atoms with Crippen molar-refractivity contribution in [3.63, 3.8) is 0 Å². The average Bonchev–Trinajstić information content (AvgIpc) is 3.19. The quantitative estimate of drug-likeness (QED) is 0.737. The molecule has 31 heavy (non-hydrogen) atoms. The molecule has 7 nitrogen and oxygen atoms in total. The maximum Gasteiger partial charge on any atom is 0.257 e. The van der Waals surface area contributed by atoms with Crippen molar-refractivity contribution < 1.29 is 14.4 Å². The van der Waals surface area contributed by atoms with E-state index in [2.05, 4.69) is 10.3 Å². The maximum absolute atomic E-state index is 13.3. The molecule has 2 aromatic rings. The van der Waals surface area contributed by atoms with Crippen LogP contribution in [0.2, 0.25) is 0 Å². The third-order valence-corrected chi connectivity index (χ3v) is 7.72. The molecule has 0 saturated carbocycles. The van der Waals surface area contributed by atoms with Gasteiger partial charge in [-0.25, -0.2) is 4.98 Å². The number of thiazole rings is 1. The highest BCUT2D eigenvalue weighted by molar-refractivity contribution is 7.15. The number of nitrogens with zero attached hydrogens (tertiary/aromatic N) is 3. The van der Waals surface area contributed by atoms with Crippen molar-refractivity contribution in [3.8, 4) is 0 Å². The minimum Gasteiger partial charge on any atom is -0.315 e. The largest absolute Gasteiger partial charge is 0.315 e. The van der Waals surface area contributed by atoms with Gasteiger partial charge in [0.2, 0.25) is 11.8 Å². The molecule has 1 fully saturated rings. The van der Waals surface area contributed by atoms with Crippen molar-refractivity contribution in [2.24, 2.45) is 0 Å². The Bertz CT molecular complexity index is 1040. The van der Waals surface area contributed by atoms with Crippen LogP contribution in [0.5, 0.6) is 0 Å². The first-order valence-electron chi connectivity index (χ1n) is 11.0. The first kappa shape index (κ1) is 20.2. The first-order chi connectivity index (χ1) is 15.0. The van der Waals surface area contributed by atoms with Crippen LogP contribution in [0.3, 0.4) is 0 Å². The van der Waals surface area contributed by atoms with Gasteiger partial charge < -0.3 is 10.2 Å². The maximum atomic E-state index is 13.3. The zero-order chi connectivity index (χ0) is 21.6. The van der Waals surface area contributed by atoms with E-state index in [1.807, 2.05) is 19.1 Å². The number of hydrogen-bond donors (Lipinski definition) is 1. The summed E-state index contributed by atoms with van der Waals surface area (Å²) in [4.78, 5) is 47.9. The summed E-state index contributed by atoms with van der Waals surface area (Å²) in [6.45, 7) is 2.17. The molecule has 162 valence electrons. The van der Waals surface area contributed by atoms with Crippen LogP contribution in [0.25, 0.3) is 0 Å². The molecule has 1 atom stereocenters. The predicted molar refractivity (Wildman–Crippen MR) is 119 cm³/mol. The van der Waals surface area contributed by atoms with E-state index in [0.717, 1.165) is 25.0 Å². The zero-order valence-electron chi connectivity index (χ0n) is 17.6. The number of nitrogens with one attached hydrogen (secondary N) is 1. The number of para-hydroxylation sites is 1. The molecule has 2 aliphatic heterocycles. The highest BCUT2D eigenvalue weighted by Gasteiger charge is 2.52. The van der Waals surface area contributed by atoms with Gasteiger partial charge in [-0.1, -0.05) is 18.6 Å². The molecule has 1 aromatic heterocycles. The molecular formula is C23H26N4O3S. The molecule has 3 amide bonds. The lowest BCUT2D eigenvalue weighted by molar-refractivity contribution is -0.117. The topological polar surface area (TPSA) is 82.6 Å². The van der Waals surface area contributed by atoms with Crippen molar-refractivity contribution in [2.75, 3.05) is 16.8 Å². The number of anilines is 2. The summed E-state index contributed by atoms with van der Waals surface area (Å²) in [5.41, 5.74) is 1.57. The van der Waals surface area contributed by atoms with Gasteiger partial charge >= 0.3 is 0 Å². The van der Waals surface area contributed by atoms with Gasteiger partial charge in [-0.3, -0.25) is 19.3 Å². The van der Waals surface area contributed by atoms with E-state index >= 15 is 0 Å². The molecule has 1 aromatic carbocycles. The van der Waals surface area contributed by atoms with Gasteiger partial charge in [0, 0.05) is 24.3 Å². The predicted octanol–water partition coefficient (Wildman–Crippen LogP) is 3.74. The van der Waals surface area contributed by atoms with E-state index in [-0.39, 0.29) is 30.7 Å². The molecule has 3 aliphatic rings. The van der Waals surface area contributed by atoms with Crippen LogP contribution >= 0.6 is 11.3 Å². The van der Waals surface area contributed by atoms with Gasteiger partial charge in [-0.2, -0.15) is 0 Å². The second-order valence-electron chi connectivity index (χ2n) is 8.67. The molecule has 0 radical (unpaired) electrons. The number of rotatable bonds is 4. The summed E-state index contributed by atoms with van der Waals surface area (Å²) in [7, 11) is 0. The number of carbonyl (C=O) groups is 3. The van der Waals surface area contributed by atoms with E-state index in [0.29, 0.717) is 29.2 Å². The molecule has 0 spiro atoms. The smallest absolute Gasteiger partial charge is 0.257 e. The number of benzene rings is 1. The minimum atomic E-state index is -0.735. The Labute approximate surface area is 185 Å². The highest BCUT2D eigenvalue weighted by Crippen LogP contribution is 2.44. The van der Waals surface area contributed by atoms with Crippen molar-refractivity contribution in [1.29, 1.82) is 0 Å².